The Hall–Kier alpha value is -3.85. The molecule has 2 N–H and O–H groups in total. The molecule has 0 radical (unpaired) electrons. The van der Waals surface area contributed by atoms with E-state index in [1.165, 1.54) is 22.5 Å². The summed E-state index contributed by atoms with van der Waals surface area (Å²) in [6.45, 7) is 7.77. The highest BCUT2D eigenvalue weighted by atomic mass is 32.1. The van der Waals surface area contributed by atoms with Crippen LogP contribution >= 0.6 is 11.3 Å². The number of carbonyl (C=O) groups is 2. The summed E-state index contributed by atoms with van der Waals surface area (Å²) in [6.07, 6.45) is 1.67. The Labute approximate surface area is 227 Å². The number of aromatic nitrogens is 1. The van der Waals surface area contributed by atoms with Crippen molar-refractivity contribution in [2.45, 2.75) is 39.3 Å². The first-order valence-electron chi connectivity index (χ1n) is 12.6. The largest absolute Gasteiger partial charge is 0.496 e. The van der Waals surface area contributed by atoms with Crippen LogP contribution in [-0.4, -0.2) is 43.3 Å². The maximum Gasteiger partial charge on any atom is 0.337 e. The number of hydrogen-bond donors (Lipinski definition) is 2. The lowest BCUT2D eigenvalue weighted by molar-refractivity contribution is -0.152. The molecule has 0 bridgehead atoms. The molecule has 2 heterocycles. The number of methoxy groups -OCH3 is 1. The van der Waals surface area contributed by atoms with Gasteiger partial charge in [0.15, 0.2) is 5.13 Å². The topological polar surface area (TPSA) is 98.8 Å². The van der Waals surface area contributed by atoms with E-state index in [0.717, 1.165) is 11.3 Å². The summed E-state index contributed by atoms with van der Waals surface area (Å²) in [4.78, 5) is 30.5. The molecule has 1 aromatic carbocycles. The molecule has 0 fully saturated rings. The molecule has 0 saturated carbocycles. The van der Waals surface area contributed by atoms with Crippen molar-refractivity contribution in [3.05, 3.63) is 76.9 Å². The van der Waals surface area contributed by atoms with Crippen molar-refractivity contribution >= 4 is 28.4 Å². The van der Waals surface area contributed by atoms with E-state index in [9.17, 15) is 9.59 Å². The number of nitrogens with zero attached hydrogens (tertiary/aromatic N) is 1. The van der Waals surface area contributed by atoms with Gasteiger partial charge < -0.3 is 24.8 Å². The van der Waals surface area contributed by atoms with Crippen molar-refractivity contribution in [1.82, 2.24) is 10.3 Å². The van der Waals surface area contributed by atoms with Gasteiger partial charge in [0.25, 0.3) is 0 Å². The van der Waals surface area contributed by atoms with Crippen LogP contribution in [0.5, 0.6) is 5.75 Å². The number of rotatable bonds is 8. The van der Waals surface area contributed by atoms with E-state index in [4.69, 9.17) is 14.2 Å². The first kappa shape index (κ1) is 27.2. The maximum absolute atomic E-state index is 13.3. The van der Waals surface area contributed by atoms with E-state index >= 15 is 0 Å². The lowest BCUT2D eigenvalue weighted by atomic mass is 9.70. The van der Waals surface area contributed by atoms with E-state index < -0.39 is 29.4 Å². The van der Waals surface area contributed by atoms with Gasteiger partial charge in [-0.3, -0.25) is 4.79 Å². The molecule has 1 aliphatic heterocycles. The van der Waals surface area contributed by atoms with Crippen LogP contribution in [0.4, 0.5) is 5.13 Å². The zero-order valence-corrected chi connectivity index (χ0v) is 23.1. The van der Waals surface area contributed by atoms with Gasteiger partial charge in [0, 0.05) is 22.8 Å². The average Bonchev–Trinajstić information content (AvgIpc) is 3.28. The Bertz CT molecular complexity index is 1310. The van der Waals surface area contributed by atoms with Crippen molar-refractivity contribution in [3.63, 3.8) is 0 Å². The Balaban J connectivity index is 0.000000353. The molecular weight excluding hydrogens is 502 g/mol. The Morgan fingerprint density at radius 3 is 2.37 bits per heavy atom. The van der Waals surface area contributed by atoms with E-state index in [1.54, 1.807) is 27.2 Å². The lowest BCUT2D eigenvalue weighted by Gasteiger charge is -2.47. The average molecular weight is 536 g/mol. The molecule has 3 unspecified atom stereocenters. The molecule has 200 valence electrons. The molecule has 5 rings (SSSR count). The van der Waals surface area contributed by atoms with Crippen molar-refractivity contribution in [3.8, 4) is 16.9 Å². The molecule has 2 aliphatic carbocycles. The van der Waals surface area contributed by atoms with Gasteiger partial charge in [-0.15, -0.1) is 11.3 Å². The Morgan fingerprint density at radius 2 is 1.84 bits per heavy atom. The maximum atomic E-state index is 13.3. The van der Waals surface area contributed by atoms with E-state index in [-0.39, 0.29) is 13.2 Å². The molecular formula is C29H33N3O5S. The summed E-state index contributed by atoms with van der Waals surface area (Å²) in [5.74, 6) is -0.604. The minimum atomic E-state index is -0.817. The van der Waals surface area contributed by atoms with E-state index in [1.807, 2.05) is 55.6 Å². The number of benzene rings is 2. The first-order valence-corrected chi connectivity index (χ1v) is 13.4. The molecule has 1 aromatic heterocycles. The van der Waals surface area contributed by atoms with Crippen molar-refractivity contribution in [2.24, 2.45) is 5.92 Å². The fraction of sp³-hybridized carbons (Fsp3) is 0.345. The van der Waals surface area contributed by atoms with E-state index in [2.05, 4.69) is 27.8 Å². The van der Waals surface area contributed by atoms with Crippen LogP contribution in [0.1, 0.15) is 33.3 Å². The van der Waals surface area contributed by atoms with Crippen molar-refractivity contribution in [1.29, 1.82) is 0 Å². The number of allylic oxidation sites excluding steroid dienone is 1. The minimum absolute atomic E-state index is 0.236. The molecule has 3 aliphatic rings. The summed E-state index contributed by atoms with van der Waals surface area (Å²) in [5, 5.41) is 9.17. The third-order valence-corrected chi connectivity index (χ3v) is 7.37. The molecule has 0 saturated heterocycles. The second-order valence-corrected chi connectivity index (χ2v) is 9.95. The number of carbonyl (C=O) groups excluding carboxylic acids is 2. The van der Waals surface area contributed by atoms with Crippen LogP contribution in [0, 0.1) is 5.92 Å². The number of hydrogen-bond acceptors (Lipinski definition) is 9. The van der Waals surface area contributed by atoms with Crippen LogP contribution in [0.25, 0.3) is 11.1 Å². The number of esters is 2. The van der Waals surface area contributed by atoms with Gasteiger partial charge in [-0.2, -0.15) is 0 Å². The molecule has 0 spiro atoms. The highest BCUT2D eigenvalue weighted by molar-refractivity contribution is 7.13. The fourth-order valence-corrected chi connectivity index (χ4v) is 5.45. The molecule has 2 aromatic rings. The summed E-state index contributed by atoms with van der Waals surface area (Å²) in [6, 6.07) is 15.2. The summed E-state index contributed by atoms with van der Waals surface area (Å²) in [7, 11) is 1.70. The molecule has 8 nitrogen and oxygen atoms in total. The van der Waals surface area contributed by atoms with Gasteiger partial charge in [0.2, 0.25) is 0 Å². The van der Waals surface area contributed by atoms with Gasteiger partial charge in [0.05, 0.1) is 37.5 Å². The van der Waals surface area contributed by atoms with Crippen molar-refractivity contribution < 1.29 is 23.8 Å². The second kappa shape index (κ2) is 11.7. The van der Waals surface area contributed by atoms with Crippen molar-refractivity contribution in [2.75, 3.05) is 25.6 Å². The van der Waals surface area contributed by atoms with Crippen LogP contribution in [0.15, 0.2) is 71.4 Å². The highest BCUT2D eigenvalue weighted by Gasteiger charge is 2.53. The van der Waals surface area contributed by atoms with Gasteiger partial charge >= 0.3 is 11.9 Å². The van der Waals surface area contributed by atoms with Gasteiger partial charge in [0.1, 0.15) is 11.7 Å². The molecule has 9 heteroatoms. The van der Waals surface area contributed by atoms with Gasteiger partial charge in [-0.25, -0.2) is 9.78 Å². The molecule has 3 atom stereocenters. The second-order valence-electron chi connectivity index (χ2n) is 9.06. The predicted molar refractivity (Wildman–Crippen MR) is 148 cm³/mol. The third kappa shape index (κ3) is 5.52. The quantitative estimate of drug-likeness (QED) is 0.300. The third-order valence-electron chi connectivity index (χ3n) is 6.67. The number of fused-ring (bicyclic) bond motifs is 1. The zero-order valence-electron chi connectivity index (χ0n) is 22.2. The number of nitrogens with one attached hydrogen (secondary N) is 2. The Morgan fingerprint density at radius 1 is 1.11 bits per heavy atom. The van der Waals surface area contributed by atoms with E-state index in [0.29, 0.717) is 16.4 Å². The van der Waals surface area contributed by atoms with Crippen LogP contribution < -0.4 is 15.4 Å². The SMILES string of the molecule is CCOC(=O)C1=C(C)NC(C)(c2ccccc2)C(C(=O)OCC)C1Nc1nccs1.COc1ccc2cc1-2. The number of thiazole rings is 1. The monoisotopic (exact) mass is 535 g/mol. The zero-order chi connectivity index (χ0) is 27.3. The first-order chi connectivity index (χ1) is 18.3. The fourth-order valence-electron chi connectivity index (χ4n) is 4.88. The smallest absolute Gasteiger partial charge is 0.337 e. The van der Waals surface area contributed by atoms with Crippen LogP contribution in [0.2, 0.25) is 0 Å². The molecule has 0 amide bonds. The predicted octanol–water partition coefficient (Wildman–Crippen LogP) is 5.13. The lowest BCUT2D eigenvalue weighted by Crippen LogP contribution is -2.60. The minimum Gasteiger partial charge on any atom is -0.496 e. The highest BCUT2D eigenvalue weighted by Crippen LogP contribution is 2.43. The Kier molecular flexibility index (Phi) is 8.36. The van der Waals surface area contributed by atoms with Crippen LogP contribution in [-0.2, 0) is 24.6 Å². The molecule has 38 heavy (non-hydrogen) atoms. The summed E-state index contributed by atoms with van der Waals surface area (Å²) in [5.41, 5.74) is 3.74. The van der Waals surface area contributed by atoms with Gasteiger partial charge in [-0.05, 0) is 51.0 Å². The van der Waals surface area contributed by atoms with Crippen LogP contribution in [0.3, 0.4) is 0 Å². The number of anilines is 1. The number of ether oxygens (including phenoxy) is 3. The van der Waals surface area contributed by atoms with Gasteiger partial charge in [-0.1, -0.05) is 36.4 Å². The normalized spacial score (nSPS) is 20.9. The standard InChI is InChI=1S/C22H27N3O4S.C7H6O/c1-5-28-19(26)16-14(3)25-22(4,15-10-8-7-9-11-15)17(20(27)29-6-2)18(16)24-21-23-12-13-30-21;1-8-7-3-2-5-4-6(5)7/h7-13,17-18,25H,5-6H2,1-4H3,(H,23,24);2-4H,1H3. The summed E-state index contributed by atoms with van der Waals surface area (Å²) >= 11 is 1.40. The summed E-state index contributed by atoms with van der Waals surface area (Å²) < 4.78 is 15.8.